The zero-order chi connectivity index (χ0) is 15.3. The van der Waals surface area contributed by atoms with Gasteiger partial charge in [0.1, 0.15) is 0 Å². The van der Waals surface area contributed by atoms with Gasteiger partial charge >= 0.3 is 0 Å². The van der Waals surface area contributed by atoms with E-state index in [1.165, 1.54) is 31.3 Å². The number of hydrogen-bond donors (Lipinski definition) is 0. The molecule has 0 heterocycles. The number of non-ortho nitro benzene ring substituents is 1. The Morgan fingerprint density at radius 3 is 2.50 bits per heavy atom. The SMILES string of the molecule is COC(CN(C)C(=O)c1ccc([N+](=O)[O-])cc1Cl)OC. The van der Waals surface area contributed by atoms with Crippen LogP contribution >= 0.6 is 11.6 Å². The Labute approximate surface area is 121 Å². The van der Waals surface area contributed by atoms with Gasteiger partial charge < -0.3 is 14.4 Å². The maximum absolute atomic E-state index is 12.2. The second kappa shape index (κ2) is 7.18. The van der Waals surface area contributed by atoms with Crippen molar-refractivity contribution in [2.75, 3.05) is 27.8 Å². The number of likely N-dealkylation sites (N-methyl/N-ethyl adjacent to an activating group) is 1. The Balaban J connectivity index is 2.89. The summed E-state index contributed by atoms with van der Waals surface area (Å²) in [6, 6.07) is 3.71. The van der Waals surface area contributed by atoms with Crippen molar-refractivity contribution in [2.24, 2.45) is 0 Å². The number of ether oxygens (including phenoxy) is 2. The predicted octanol–water partition coefficient (Wildman–Crippen LogP) is 1.94. The highest BCUT2D eigenvalue weighted by Gasteiger charge is 2.20. The zero-order valence-corrected chi connectivity index (χ0v) is 12.1. The molecule has 1 aromatic rings. The van der Waals surface area contributed by atoms with Gasteiger partial charge in [-0.25, -0.2) is 0 Å². The van der Waals surface area contributed by atoms with Crippen molar-refractivity contribution < 1.29 is 19.2 Å². The minimum atomic E-state index is -0.574. The standard InChI is InChI=1S/C12H15ClN2O5/c1-14(7-11(19-2)20-3)12(16)9-5-4-8(15(17)18)6-10(9)13/h4-6,11H,7H2,1-3H3. The Hall–Kier alpha value is -1.70. The van der Waals surface area contributed by atoms with Crippen LogP contribution in [0.15, 0.2) is 18.2 Å². The Kier molecular flexibility index (Phi) is 5.87. The maximum atomic E-state index is 12.2. The number of nitro benzene ring substituents is 1. The molecule has 1 rings (SSSR count). The van der Waals surface area contributed by atoms with E-state index in [4.69, 9.17) is 21.1 Å². The molecule has 0 aliphatic carbocycles. The van der Waals surface area contributed by atoms with Crippen LogP contribution in [0.5, 0.6) is 0 Å². The summed E-state index contributed by atoms with van der Waals surface area (Å²) in [6.07, 6.45) is -0.555. The summed E-state index contributed by atoms with van der Waals surface area (Å²) in [5, 5.41) is 10.6. The van der Waals surface area contributed by atoms with E-state index in [0.717, 1.165) is 6.07 Å². The monoisotopic (exact) mass is 302 g/mol. The first-order valence-electron chi connectivity index (χ1n) is 5.65. The van der Waals surface area contributed by atoms with Crippen LogP contribution in [0.1, 0.15) is 10.4 Å². The van der Waals surface area contributed by atoms with Crippen LogP contribution in [-0.4, -0.2) is 49.8 Å². The molecule has 0 unspecified atom stereocenters. The molecule has 0 aliphatic rings. The Morgan fingerprint density at radius 2 is 2.05 bits per heavy atom. The first-order valence-corrected chi connectivity index (χ1v) is 6.03. The second-order valence-electron chi connectivity index (χ2n) is 4.01. The molecular weight excluding hydrogens is 288 g/mol. The lowest BCUT2D eigenvalue weighted by Crippen LogP contribution is -2.36. The number of methoxy groups -OCH3 is 2. The summed E-state index contributed by atoms with van der Waals surface area (Å²) in [6.45, 7) is 0.207. The number of rotatable bonds is 6. The number of halogens is 1. The zero-order valence-electron chi connectivity index (χ0n) is 11.3. The summed E-state index contributed by atoms with van der Waals surface area (Å²) >= 11 is 5.90. The van der Waals surface area contributed by atoms with Crippen molar-refractivity contribution in [1.82, 2.24) is 4.90 Å². The molecule has 1 amide bonds. The van der Waals surface area contributed by atoms with Crippen molar-refractivity contribution in [1.29, 1.82) is 0 Å². The predicted molar refractivity (Wildman–Crippen MR) is 72.9 cm³/mol. The summed E-state index contributed by atoms with van der Waals surface area (Å²) in [4.78, 5) is 23.6. The number of nitrogens with zero attached hydrogens (tertiary/aromatic N) is 2. The molecule has 110 valence electrons. The fourth-order valence-electron chi connectivity index (χ4n) is 1.55. The summed E-state index contributed by atoms with van der Waals surface area (Å²) in [5.74, 6) is -0.371. The number of amides is 1. The van der Waals surface area contributed by atoms with E-state index >= 15 is 0 Å². The molecule has 0 fully saturated rings. The Bertz CT molecular complexity index is 505. The lowest BCUT2D eigenvalue weighted by Gasteiger charge is -2.22. The van der Waals surface area contributed by atoms with E-state index in [1.54, 1.807) is 7.05 Å². The number of carbonyl (C=O) groups excluding carboxylic acids is 1. The molecule has 7 nitrogen and oxygen atoms in total. The molecule has 0 spiro atoms. The van der Waals surface area contributed by atoms with Gasteiger partial charge in [-0.1, -0.05) is 11.6 Å². The van der Waals surface area contributed by atoms with Gasteiger partial charge in [-0.3, -0.25) is 14.9 Å². The largest absolute Gasteiger partial charge is 0.354 e. The fraction of sp³-hybridized carbons (Fsp3) is 0.417. The van der Waals surface area contributed by atoms with Gasteiger partial charge in [-0.05, 0) is 6.07 Å². The van der Waals surface area contributed by atoms with E-state index in [1.807, 2.05) is 0 Å². The molecule has 0 radical (unpaired) electrons. The molecule has 0 saturated carbocycles. The molecule has 8 heteroatoms. The van der Waals surface area contributed by atoms with E-state index in [0.29, 0.717) is 0 Å². The first-order chi connectivity index (χ1) is 9.40. The van der Waals surface area contributed by atoms with E-state index in [-0.39, 0.29) is 28.7 Å². The number of hydrogen-bond acceptors (Lipinski definition) is 5. The summed E-state index contributed by atoms with van der Waals surface area (Å²) in [5.41, 5.74) is 0.0200. The van der Waals surface area contributed by atoms with Gasteiger partial charge in [-0.2, -0.15) is 0 Å². The summed E-state index contributed by atoms with van der Waals surface area (Å²) < 4.78 is 10.00. The van der Waals surface area contributed by atoms with Gasteiger partial charge in [0.05, 0.1) is 22.1 Å². The fourth-order valence-corrected chi connectivity index (χ4v) is 1.80. The van der Waals surface area contributed by atoms with Crippen LogP contribution < -0.4 is 0 Å². The highest BCUT2D eigenvalue weighted by Crippen LogP contribution is 2.23. The van der Waals surface area contributed by atoms with Gasteiger partial charge in [0.25, 0.3) is 11.6 Å². The lowest BCUT2D eigenvalue weighted by molar-refractivity contribution is -0.384. The third kappa shape index (κ3) is 3.89. The molecule has 0 bridgehead atoms. The van der Waals surface area contributed by atoms with Crippen LogP contribution in [-0.2, 0) is 9.47 Å². The summed E-state index contributed by atoms with van der Waals surface area (Å²) in [7, 11) is 4.49. The van der Waals surface area contributed by atoms with Crippen molar-refractivity contribution >= 4 is 23.2 Å². The minimum absolute atomic E-state index is 0.0300. The van der Waals surface area contributed by atoms with Crippen LogP contribution in [0.2, 0.25) is 5.02 Å². The quantitative estimate of drug-likeness (QED) is 0.455. The third-order valence-electron chi connectivity index (χ3n) is 2.69. The van der Waals surface area contributed by atoms with Gasteiger partial charge in [0.15, 0.2) is 6.29 Å². The molecule has 0 saturated heterocycles. The number of nitro groups is 1. The second-order valence-corrected chi connectivity index (χ2v) is 4.42. The molecule has 0 aliphatic heterocycles. The molecule has 20 heavy (non-hydrogen) atoms. The molecule has 0 atom stereocenters. The van der Waals surface area contributed by atoms with Crippen molar-refractivity contribution in [3.8, 4) is 0 Å². The van der Waals surface area contributed by atoms with E-state index < -0.39 is 11.2 Å². The molecule has 0 N–H and O–H groups in total. The van der Waals surface area contributed by atoms with Crippen LogP contribution in [0.25, 0.3) is 0 Å². The highest BCUT2D eigenvalue weighted by molar-refractivity contribution is 6.34. The number of carbonyl (C=O) groups is 1. The Morgan fingerprint density at radius 1 is 1.45 bits per heavy atom. The maximum Gasteiger partial charge on any atom is 0.270 e. The van der Waals surface area contributed by atoms with E-state index in [2.05, 4.69) is 0 Å². The normalized spacial score (nSPS) is 10.7. The third-order valence-corrected chi connectivity index (χ3v) is 3.00. The van der Waals surface area contributed by atoms with Crippen molar-refractivity contribution in [3.63, 3.8) is 0 Å². The number of benzene rings is 1. The van der Waals surface area contributed by atoms with Crippen LogP contribution in [0.4, 0.5) is 5.69 Å². The average molecular weight is 303 g/mol. The lowest BCUT2D eigenvalue weighted by atomic mass is 10.2. The molecule has 1 aromatic carbocycles. The van der Waals surface area contributed by atoms with Gasteiger partial charge in [0, 0.05) is 33.4 Å². The topological polar surface area (TPSA) is 81.9 Å². The van der Waals surface area contributed by atoms with Crippen molar-refractivity contribution in [2.45, 2.75) is 6.29 Å². The molecular formula is C12H15ClN2O5. The highest BCUT2D eigenvalue weighted by atomic mass is 35.5. The van der Waals surface area contributed by atoms with Gasteiger partial charge in [0.2, 0.25) is 0 Å². The minimum Gasteiger partial charge on any atom is -0.354 e. The average Bonchev–Trinajstić information content (AvgIpc) is 2.43. The van der Waals surface area contributed by atoms with Crippen molar-refractivity contribution in [3.05, 3.63) is 38.9 Å². The molecule has 0 aromatic heterocycles. The van der Waals surface area contributed by atoms with Crippen LogP contribution in [0, 0.1) is 10.1 Å². The van der Waals surface area contributed by atoms with Crippen LogP contribution in [0.3, 0.4) is 0 Å². The van der Waals surface area contributed by atoms with E-state index in [9.17, 15) is 14.9 Å². The smallest absolute Gasteiger partial charge is 0.270 e. The first kappa shape index (κ1) is 16.4. The van der Waals surface area contributed by atoms with Gasteiger partial charge in [-0.15, -0.1) is 0 Å².